The lowest BCUT2D eigenvalue weighted by molar-refractivity contribution is 0.0766. The van der Waals surface area contributed by atoms with Crippen molar-refractivity contribution in [1.82, 2.24) is 15.3 Å². The standard InChI is InChI=1S/C16H27N5/c17-14-5-8-19-12-13(14)11-15(20-18)16(6-1-2-7-16)21-9-3-4-10-21/h5,8,12,15,20H,1-4,6-7,9-11,18H2,(H2,17,19). The van der Waals surface area contributed by atoms with Crippen LogP contribution in [-0.2, 0) is 6.42 Å². The van der Waals surface area contributed by atoms with E-state index < -0.39 is 0 Å². The molecule has 1 unspecified atom stereocenters. The first kappa shape index (κ1) is 14.8. The van der Waals surface area contributed by atoms with Crippen LogP contribution in [-0.4, -0.2) is 34.6 Å². The first-order valence-electron chi connectivity index (χ1n) is 8.16. The number of hydrogen-bond donors (Lipinski definition) is 3. The molecular formula is C16H27N5. The highest BCUT2D eigenvalue weighted by Crippen LogP contribution is 2.41. The quantitative estimate of drug-likeness (QED) is 0.565. The molecule has 2 fully saturated rings. The fourth-order valence-electron chi connectivity index (χ4n) is 4.27. The average Bonchev–Trinajstić information content (AvgIpc) is 3.18. The van der Waals surface area contributed by atoms with Gasteiger partial charge in [0, 0.05) is 29.7 Å². The van der Waals surface area contributed by atoms with Gasteiger partial charge in [-0.05, 0) is 56.8 Å². The number of hydrazine groups is 1. The van der Waals surface area contributed by atoms with Crippen LogP contribution in [0.1, 0.15) is 44.1 Å². The zero-order valence-corrected chi connectivity index (χ0v) is 12.7. The monoisotopic (exact) mass is 289 g/mol. The molecule has 1 saturated carbocycles. The number of pyridine rings is 1. The van der Waals surface area contributed by atoms with E-state index in [1.54, 1.807) is 6.20 Å². The largest absolute Gasteiger partial charge is 0.398 e. The van der Waals surface area contributed by atoms with Crippen LogP contribution in [0.3, 0.4) is 0 Å². The number of nitrogens with two attached hydrogens (primary N) is 2. The van der Waals surface area contributed by atoms with Crippen molar-refractivity contribution >= 4 is 5.69 Å². The fraction of sp³-hybridized carbons (Fsp3) is 0.688. The van der Waals surface area contributed by atoms with Crippen LogP contribution in [0.5, 0.6) is 0 Å². The molecule has 21 heavy (non-hydrogen) atoms. The van der Waals surface area contributed by atoms with Crippen LogP contribution in [0, 0.1) is 0 Å². The molecule has 3 rings (SSSR count). The van der Waals surface area contributed by atoms with E-state index in [4.69, 9.17) is 11.6 Å². The third kappa shape index (κ3) is 2.78. The molecule has 0 spiro atoms. The molecule has 1 saturated heterocycles. The molecule has 5 nitrogen and oxygen atoms in total. The van der Waals surface area contributed by atoms with Crippen LogP contribution >= 0.6 is 0 Å². The fourth-order valence-corrected chi connectivity index (χ4v) is 4.27. The van der Waals surface area contributed by atoms with Gasteiger partial charge < -0.3 is 5.73 Å². The maximum atomic E-state index is 6.10. The Kier molecular flexibility index (Phi) is 4.42. The minimum absolute atomic E-state index is 0.202. The number of hydrogen-bond acceptors (Lipinski definition) is 5. The Hall–Kier alpha value is -1.17. The molecule has 1 atom stereocenters. The molecular weight excluding hydrogens is 262 g/mol. The summed E-state index contributed by atoms with van der Waals surface area (Å²) in [5.41, 5.74) is 11.3. The highest BCUT2D eigenvalue weighted by Gasteiger charge is 2.46. The van der Waals surface area contributed by atoms with Gasteiger partial charge in [-0.25, -0.2) is 0 Å². The van der Waals surface area contributed by atoms with Gasteiger partial charge in [-0.2, -0.15) is 0 Å². The smallest absolute Gasteiger partial charge is 0.0436 e. The Bertz CT molecular complexity index is 463. The lowest BCUT2D eigenvalue weighted by Crippen LogP contribution is -2.61. The van der Waals surface area contributed by atoms with Crippen molar-refractivity contribution < 1.29 is 0 Å². The highest BCUT2D eigenvalue weighted by atomic mass is 15.3. The summed E-state index contributed by atoms with van der Waals surface area (Å²) in [7, 11) is 0. The third-order valence-corrected chi connectivity index (χ3v) is 5.42. The second-order valence-electron chi connectivity index (χ2n) is 6.50. The van der Waals surface area contributed by atoms with E-state index in [2.05, 4.69) is 15.3 Å². The summed E-state index contributed by atoms with van der Waals surface area (Å²) in [5.74, 6) is 5.97. The van der Waals surface area contributed by atoms with Crippen molar-refractivity contribution in [2.75, 3.05) is 18.8 Å². The first-order chi connectivity index (χ1) is 10.3. The molecule has 2 heterocycles. The molecule has 0 bridgehead atoms. The third-order valence-electron chi connectivity index (χ3n) is 5.42. The highest BCUT2D eigenvalue weighted by molar-refractivity contribution is 5.45. The molecule has 116 valence electrons. The van der Waals surface area contributed by atoms with Gasteiger partial charge in [0.1, 0.15) is 0 Å². The number of aromatic nitrogens is 1. The molecule has 1 aromatic heterocycles. The molecule has 2 aliphatic rings. The summed E-state index contributed by atoms with van der Waals surface area (Å²) in [6.07, 6.45) is 12.2. The zero-order valence-electron chi connectivity index (χ0n) is 12.7. The Balaban J connectivity index is 1.84. The number of anilines is 1. The molecule has 0 radical (unpaired) electrons. The number of nitrogen functional groups attached to an aromatic ring is 1. The summed E-state index contributed by atoms with van der Waals surface area (Å²) in [5, 5.41) is 0. The topological polar surface area (TPSA) is 80.2 Å². The maximum absolute atomic E-state index is 6.10. The summed E-state index contributed by atoms with van der Waals surface area (Å²) in [4.78, 5) is 6.90. The van der Waals surface area contributed by atoms with Gasteiger partial charge in [0.15, 0.2) is 0 Å². The van der Waals surface area contributed by atoms with E-state index in [1.807, 2.05) is 12.3 Å². The molecule has 1 aliphatic heterocycles. The van der Waals surface area contributed by atoms with Gasteiger partial charge in [0.05, 0.1) is 0 Å². The molecule has 5 heteroatoms. The number of nitrogens with zero attached hydrogens (tertiary/aromatic N) is 2. The van der Waals surface area contributed by atoms with Crippen LogP contribution in [0.25, 0.3) is 0 Å². The van der Waals surface area contributed by atoms with Crippen LogP contribution in [0.15, 0.2) is 18.5 Å². The van der Waals surface area contributed by atoms with Crippen LogP contribution < -0.4 is 17.0 Å². The van der Waals surface area contributed by atoms with Crippen LogP contribution in [0.4, 0.5) is 5.69 Å². The van der Waals surface area contributed by atoms with Gasteiger partial charge in [-0.3, -0.25) is 21.2 Å². The number of rotatable bonds is 5. The minimum atomic E-state index is 0.202. The Morgan fingerprint density at radius 2 is 1.95 bits per heavy atom. The van der Waals surface area contributed by atoms with Gasteiger partial charge in [0.25, 0.3) is 0 Å². The van der Waals surface area contributed by atoms with E-state index in [0.717, 1.165) is 17.7 Å². The van der Waals surface area contributed by atoms with Gasteiger partial charge >= 0.3 is 0 Å². The lowest BCUT2D eigenvalue weighted by atomic mass is 9.83. The van der Waals surface area contributed by atoms with Crippen molar-refractivity contribution in [2.24, 2.45) is 5.84 Å². The second-order valence-corrected chi connectivity index (χ2v) is 6.50. The van der Waals surface area contributed by atoms with E-state index >= 15 is 0 Å². The Labute approximate surface area is 127 Å². The summed E-state index contributed by atoms with van der Waals surface area (Å²) >= 11 is 0. The van der Waals surface area contributed by atoms with Gasteiger partial charge in [-0.15, -0.1) is 0 Å². The van der Waals surface area contributed by atoms with Gasteiger partial charge in [0.2, 0.25) is 0 Å². The Morgan fingerprint density at radius 3 is 2.57 bits per heavy atom. The van der Waals surface area contributed by atoms with Crippen molar-refractivity contribution in [1.29, 1.82) is 0 Å². The number of nitrogens with one attached hydrogen (secondary N) is 1. The maximum Gasteiger partial charge on any atom is 0.0436 e. The molecule has 5 N–H and O–H groups in total. The predicted octanol–water partition coefficient (Wildman–Crippen LogP) is 1.45. The zero-order chi connectivity index (χ0) is 14.7. The van der Waals surface area contributed by atoms with Crippen molar-refractivity contribution in [3.63, 3.8) is 0 Å². The normalized spacial score (nSPS) is 23.5. The average molecular weight is 289 g/mol. The minimum Gasteiger partial charge on any atom is -0.398 e. The van der Waals surface area contributed by atoms with E-state index in [9.17, 15) is 0 Å². The molecule has 1 aliphatic carbocycles. The summed E-state index contributed by atoms with van der Waals surface area (Å²) in [6, 6.07) is 2.12. The van der Waals surface area contributed by atoms with Gasteiger partial charge in [-0.1, -0.05) is 12.8 Å². The van der Waals surface area contributed by atoms with Crippen molar-refractivity contribution in [3.05, 3.63) is 24.0 Å². The Morgan fingerprint density at radius 1 is 1.24 bits per heavy atom. The SMILES string of the molecule is NNC(Cc1cnccc1N)C1(N2CCCC2)CCCC1. The molecule has 1 aromatic rings. The molecule has 0 aromatic carbocycles. The lowest BCUT2D eigenvalue weighted by Gasteiger charge is -2.45. The number of likely N-dealkylation sites (tertiary alicyclic amines) is 1. The van der Waals surface area contributed by atoms with E-state index in [0.29, 0.717) is 0 Å². The first-order valence-corrected chi connectivity index (χ1v) is 8.16. The van der Waals surface area contributed by atoms with Crippen LogP contribution in [0.2, 0.25) is 0 Å². The predicted molar refractivity (Wildman–Crippen MR) is 85.5 cm³/mol. The summed E-state index contributed by atoms with van der Waals surface area (Å²) < 4.78 is 0. The summed E-state index contributed by atoms with van der Waals surface area (Å²) in [6.45, 7) is 2.42. The van der Waals surface area contributed by atoms with Crippen molar-refractivity contribution in [2.45, 2.75) is 56.5 Å². The van der Waals surface area contributed by atoms with E-state index in [1.165, 1.54) is 51.6 Å². The van der Waals surface area contributed by atoms with Crippen molar-refractivity contribution in [3.8, 4) is 0 Å². The molecule has 0 amide bonds. The second kappa shape index (κ2) is 6.30. The van der Waals surface area contributed by atoms with E-state index in [-0.39, 0.29) is 11.6 Å².